The molecule has 0 atom stereocenters. The first kappa shape index (κ1) is 17.5. The number of halogens is 1. The van der Waals surface area contributed by atoms with Gasteiger partial charge < -0.3 is 4.90 Å². The summed E-state index contributed by atoms with van der Waals surface area (Å²) in [6.45, 7) is 3.46. The zero-order valence-electron chi connectivity index (χ0n) is 15.2. The largest absolute Gasteiger partial charge is 0.366 e. The van der Waals surface area contributed by atoms with Crippen LogP contribution in [0.25, 0.3) is 5.57 Å². The molecule has 5 heteroatoms. The van der Waals surface area contributed by atoms with Crippen LogP contribution in [0.1, 0.15) is 30.4 Å². The molecule has 1 fully saturated rings. The lowest BCUT2D eigenvalue weighted by atomic mass is 10.0. The van der Waals surface area contributed by atoms with Gasteiger partial charge in [-0.2, -0.15) is 0 Å². The number of likely N-dealkylation sites (tertiary alicyclic amines) is 1. The Morgan fingerprint density at radius 3 is 2.07 bits per heavy atom. The lowest BCUT2D eigenvalue weighted by molar-refractivity contribution is -0.120. The van der Waals surface area contributed by atoms with Crippen molar-refractivity contribution < 1.29 is 14.0 Å². The maximum atomic E-state index is 13.4. The third kappa shape index (κ3) is 3.14. The third-order valence-electron chi connectivity index (χ3n) is 5.16. The van der Waals surface area contributed by atoms with E-state index in [1.807, 2.05) is 24.0 Å². The van der Waals surface area contributed by atoms with Gasteiger partial charge in [-0.1, -0.05) is 29.8 Å². The van der Waals surface area contributed by atoms with Crippen LogP contribution in [0.5, 0.6) is 0 Å². The molecule has 138 valence electrons. The Labute approximate surface area is 157 Å². The molecular formula is C22H21FN2O2. The second kappa shape index (κ2) is 6.99. The number of hydrogen-bond acceptors (Lipinski definition) is 3. The molecule has 0 aliphatic carbocycles. The van der Waals surface area contributed by atoms with Crippen LogP contribution in [-0.2, 0) is 9.59 Å². The Kier molecular flexibility index (Phi) is 4.52. The van der Waals surface area contributed by atoms with E-state index in [1.165, 1.54) is 17.0 Å². The topological polar surface area (TPSA) is 40.6 Å². The van der Waals surface area contributed by atoms with E-state index in [0.717, 1.165) is 37.9 Å². The Hall–Kier alpha value is -2.95. The summed E-state index contributed by atoms with van der Waals surface area (Å²) in [5, 5.41) is 0. The van der Waals surface area contributed by atoms with E-state index in [9.17, 15) is 14.0 Å². The van der Waals surface area contributed by atoms with Crippen molar-refractivity contribution in [2.45, 2.75) is 26.2 Å². The molecule has 0 bridgehead atoms. The number of anilines is 1. The van der Waals surface area contributed by atoms with Crippen molar-refractivity contribution in [3.05, 3.63) is 71.2 Å². The number of carbonyl (C=O) groups is 2. The monoisotopic (exact) mass is 364 g/mol. The van der Waals surface area contributed by atoms with E-state index >= 15 is 0 Å². The normalized spacial score (nSPS) is 17.9. The van der Waals surface area contributed by atoms with Crippen molar-refractivity contribution in [3.63, 3.8) is 0 Å². The molecule has 2 heterocycles. The number of imide groups is 1. The lowest BCUT2D eigenvalue weighted by Gasteiger charge is -2.29. The molecule has 2 aromatic rings. The Morgan fingerprint density at radius 2 is 1.44 bits per heavy atom. The first-order valence-electron chi connectivity index (χ1n) is 9.27. The van der Waals surface area contributed by atoms with Crippen LogP contribution in [0.2, 0.25) is 0 Å². The Bertz CT molecular complexity index is 910. The number of hydrogen-bond donors (Lipinski definition) is 0. The van der Waals surface area contributed by atoms with Gasteiger partial charge in [-0.05, 0) is 56.0 Å². The summed E-state index contributed by atoms with van der Waals surface area (Å²) in [6, 6.07) is 13.1. The second-order valence-electron chi connectivity index (χ2n) is 7.06. The minimum Gasteiger partial charge on any atom is -0.366 e. The zero-order chi connectivity index (χ0) is 19.0. The molecule has 0 saturated carbocycles. The number of rotatable bonds is 3. The minimum atomic E-state index is -0.369. The number of nitrogens with zero attached hydrogens (tertiary/aromatic N) is 2. The fourth-order valence-electron chi connectivity index (χ4n) is 3.73. The first-order valence-corrected chi connectivity index (χ1v) is 9.27. The average Bonchev–Trinajstić information content (AvgIpc) is 2.94. The predicted octanol–water partition coefficient (Wildman–Crippen LogP) is 3.90. The van der Waals surface area contributed by atoms with E-state index < -0.39 is 0 Å². The molecule has 0 aromatic heterocycles. The van der Waals surface area contributed by atoms with Crippen molar-refractivity contribution in [2.75, 3.05) is 18.0 Å². The van der Waals surface area contributed by atoms with Gasteiger partial charge in [-0.15, -0.1) is 0 Å². The van der Waals surface area contributed by atoms with Crippen molar-refractivity contribution in [1.29, 1.82) is 0 Å². The average molecular weight is 364 g/mol. The van der Waals surface area contributed by atoms with Crippen molar-refractivity contribution in [1.82, 2.24) is 4.90 Å². The van der Waals surface area contributed by atoms with E-state index in [4.69, 9.17) is 0 Å². The van der Waals surface area contributed by atoms with Crippen LogP contribution >= 0.6 is 0 Å². The molecule has 4 nitrogen and oxygen atoms in total. The molecule has 0 spiro atoms. The Morgan fingerprint density at radius 1 is 0.815 bits per heavy atom. The molecule has 2 aromatic carbocycles. The summed E-state index contributed by atoms with van der Waals surface area (Å²) in [4.78, 5) is 29.8. The first-order chi connectivity index (χ1) is 13.1. The van der Waals surface area contributed by atoms with Crippen LogP contribution in [0.4, 0.5) is 10.1 Å². The van der Waals surface area contributed by atoms with Crippen LogP contribution in [0.15, 0.2) is 54.2 Å². The molecule has 0 N–H and O–H groups in total. The SMILES string of the molecule is Cc1ccc(N2C(=O)C(c3ccc(F)cc3)=C(N3CCCCC3)C2=O)cc1. The summed E-state index contributed by atoms with van der Waals surface area (Å²) >= 11 is 0. The standard InChI is InChI=1S/C22H21FN2O2/c1-15-5-11-18(12-6-15)25-21(26)19(16-7-9-17(23)10-8-16)20(22(25)27)24-13-3-2-4-14-24/h5-12H,2-4,13-14H2,1H3. The van der Waals surface area contributed by atoms with Crippen LogP contribution < -0.4 is 4.90 Å². The third-order valence-corrected chi connectivity index (χ3v) is 5.16. The van der Waals surface area contributed by atoms with Gasteiger partial charge >= 0.3 is 0 Å². The van der Waals surface area contributed by atoms with Crippen molar-refractivity contribution in [3.8, 4) is 0 Å². The maximum Gasteiger partial charge on any atom is 0.282 e. The highest BCUT2D eigenvalue weighted by molar-refractivity contribution is 6.45. The van der Waals surface area contributed by atoms with Gasteiger partial charge in [0.25, 0.3) is 11.8 Å². The van der Waals surface area contributed by atoms with Gasteiger partial charge in [0, 0.05) is 13.1 Å². The summed E-state index contributed by atoms with van der Waals surface area (Å²) in [7, 11) is 0. The summed E-state index contributed by atoms with van der Waals surface area (Å²) in [6.07, 6.45) is 3.11. The summed E-state index contributed by atoms with van der Waals surface area (Å²) in [5.41, 5.74) is 2.99. The van der Waals surface area contributed by atoms with E-state index in [-0.39, 0.29) is 17.6 Å². The van der Waals surface area contributed by atoms with Gasteiger partial charge in [-0.25, -0.2) is 9.29 Å². The van der Waals surface area contributed by atoms with Gasteiger partial charge in [0.05, 0.1) is 11.3 Å². The van der Waals surface area contributed by atoms with Crippen LogP contribution in [0, 0.1) is 12.7 Å². The quantitative estimate of drug-likeness (QED) is 0.776. The lowest BCUT2D eigenvalue weighted by Crippen LogP contribution is -2.37. The highest BCUT2D eigenvalue weighted by atomic mass is 19.1. The van der Waals surface area contributed by atoms with Crippen LogP contribution in [-0.4, -0.2) is 29.8 Å². The fourth-order valence-corrected chi connectivity index (χ4v) is 3.73. The number of piperidine rings is 1. The molecule has 4 rings (SSSR count). The van der Waals surface area contributed by atoms with Gasteiger partial charge in [0.15, 0.2) is 0 Å². The van der Waals surface area contributed by atoms with E-state index in [1.54, 1.807) is 24.3 Å². The predicted molar refractivity (Wildman–Crippen MR) is 102 cm³/mol. The number of carbonyl (C=O) groups excluding carboxylic acids is 2. The molecule has 27 heavy (non-hydrogen) atoms. The molecule has 0 unspecified atom stereocenters. The van der Waals surface area contributed by atoms with Gasteiger partial charge in [0.2, 0.25) is 0 Å². The highest BCUT2D eigenvalue weighted by Gasteiger charge is 2.42. The summed E-state index contributed by atoms with van der Waals surface area (Å²) < 4.78 is 13.4. The highest BCUT2D eigenvalue weighted by Crippen LogP contribution is 2.35. The molecule has 2 aliphatic rings. The smallest absolute Gasteiger partial charge is 0.282 e. The Balaban J connectivity index is 1.81. The number of benzene rings is 2. The van der Waals surface area contributed by atoms with Crippen LogP contribution in [0.3, 0.4) is 0 Å². The zero-order valence-corrected chi connectivity index (χ0v) is 15.2. The van der Waals surface area contributed by atoms with Gasteiger partial charge in [0.1, 0.15) is 11.5 Å². The van der Waals surface area contributed by atoms with Crippen molar-refractivity contribution in [2.24, 2.45) is 0 Å². The second-order valence-corrected chi connectivity index (χ2v) is 7.06. The van der Waals surface area contributed by atoms with E-state index in [2.05, 4.69) is 0 Å². The molecule has 2 aliphatic heterocycles. The molecule has 0 radical (unpaired) electrons. The molecular weight excluding hydrogens is 343 g/mol. The van der Waals surface area contributed by atoms with Crippen molar-refractivity contribution >= 4 is 23.1 Å². The molecule has 2 amide bonds. The minimum absolute atomic E-state index is 0.301. The molecule has 1 saturated heterocycles. The fraction of sp³-hybridized carbons (Fsp3) is 0.273. The van der Waals surface area contributed by atoms with Gasteiger partial charge in [-0.3, -0.25) is 9.59 Å². The van der Waals surface area contributed by atoms with E-state index in [0.29, 0.717) is 22.5 Å². The summed E-state index contributed by atoms with van der Waals surface area (Å²) in [5.74, 6) is -1.02. The number of aryl methyl sites for hydroxylation is 1. The maximum absolute atomic E-state index is 13.4. The number of amides is 2.